The largest absolute Gasteiger partial charge is 0.322 e. The molecule has 1 N–H and O–H groups in total. The maximum atomic E-state index is 13.6. The molecule has 0 unspecified atom stereocenters. The van der Waals surface area contributed by atoms with Gasteiger partial charge in [0, 0.05) is 5.56 Å². The van der Waals surface area contributed by atoms with Crippen molar-refractivity contribution in [2.24, 2.45) is 0 Å². The topological polar surface area (TPSA) is 72.7 Å². The highest BCUT2D eigenvalue weighted by molar-refractivity contribution is 5.93. The van der Waals surface area contributed by atoms with Gasteiger partial charge in [0.2, 0.25) is 5.82 Å². The summed E-state index contributed by atoms with van der Waals surface area (Å²) in [5.74, 6) is -0.474. The van der Waals surface area contributed by atoms with Crippen LogP contribution in [0, 0.1) is 12.7 Å². The van der Waals surface area contributed by atoms with Crippen LogP contribution in [0.2, 0.25) is 0 Å². The number of aromatic nitrogens is 4. The van der Waals surface area contributed by atoms with E-state index in [2.05, 4.69) is 20.7 Å². The highest BCUT2D eigenvalue weighted by Crippen LogP contribution is 2.19. The molecular formula is C17H16FN5O. The van der Waals surface area contributed by atoms with Crippen molar-refractivity contribution in [2.75, 3.05) is 5.32 Å². The van der Waals surface area contributed by atoms with Gasteiger partial charge in [0.1, 0.15) is 11.9 Å². The number of aryl methyl sites for hydroxylation is 1. The summed E-state index contributed by atoms with van der Waals surface area (Å²) >= 11 is 0. The molecule has 1 amide bonds. The number of para-hydroxylation sites is 1. The molecule has 2 aromatic carbocycles. The van der Waals surface area contributed by atoms with Gasteiger partial charge in [-0.15, -0.1) is 10.2 Å². The van der Waals surface area contributed by atoms with Crippen LogP contribution >= 0.6 is 0 Å². The molecule has 0 aliphatic heterocycles. The van der Waals surface area contributed by atoms with Gasteiger partial charge in [0.25, 0.3) is 5.91 Å². The van der Waals surface area contributed by atoms with Crippen molar-refractivity contribution < 1.29 is 9.18 Å². The summed E-state index contributed by atoms with van der Waals surface area (Å²) in [6.45, 7) is 3.57. The number of nitrogens with one attached hydrogen (secondary N) is 1. The number of tetrazole rings is 1. The molecule has 0 saturated heterocycles. The summed E-state index contributed by atoms with van der Waals surface area (Å²) in [6, 6.07) is 12.9. The molecule has 0 bridgehead atoms. The highest BCUT2D eigenvalue weighted by Gasteiger charge is 2.20. The molecule has 1 heterocycles. The number of benzene rings is 2. The van der Waals surface area contributed by atoms with Crippen molar-refractivity contribution >= 4 is 11.6 Å². The minimum Gasteiger partial charge on any atom is -0.322 e. The first-order chi connectivity index (χ1) is 11.6. The lowest BCUT2D eigenvalue weighted by molar-refractivity contribution is -0.119. The SMILES string of the molecule is Cc1ccccc1-c1nnn([C@@H](C)C(=O)Nc2ccccc2F)n1. The van der Waals surface area contributed by atoms with Gasteiger partial charge < -0.3 is 5.32 Å². The molecule has 0 saturated carbocycles. The molecule has 0 aliphatic carbocycles. The van der Waals surface area contributed by atoms with Crippen molar-refractivity contribution in [1.29, 1.82) is 0 Å². The monoisotopic (exact) mass is 325 g/mol. The van der Waals surface area contributed by atoms with Crippen LogP contribution in [0.1, 0.15) is 18.5 Å². The lowest BCUT2D eigenvalue weighted by atomic mass is 10.1. The Kier molecular flexibility index (Phi) is 4.33. The number of carbonyl (C=O) groups is 1. The molecule has 0 radical (unpaired) electrons. The Labute approximate surface area is 138 Å². The fourth-order valence-corrected chi connectivity index (χ4v) is 2.23. The second kappa shape index (κ2) is 6.57. The molecule has 122 valence electrons. The standard InChI is InChI=1S/C17H16FN5O/c1-11-7-3-4-8-13(11)16-20-22-23(21-16)12(2)17(24)19-15-10-6-5-9-14(15)18/h3-10,12H,1-2H3,(H,19,24)/t12-/m0/s1. The van der Waals surface area contributed by atoms with E-state index in [-0.39, 0.29) is 5.69 Å². The Morgan fingerprint density at radius 2 is 1.88 bits per heavy atom. The van der Waals surface area contributed by atoms with E-state index in [9.17, 15) is 9.18 Å². The zero-order valence-electron chi connectivity index (χ0n) is 13.3. The Bertz CT molecular complexity index is 877. The molecular weight excluding hydrogens is 309 g/mol. The van der Waals surface area contributed by atoms with Crippen molar-refractivity contribution in [2.45, 2.75) is 19.9 Å². The van der Waals surface area contributed by atoms with Crippen LogP contribution in [0.25, 0.3) is 11.4 Å². The van der Waals surface area contributed by atoms with Crippen LogP contribution in [0.5, 0.6) is 0 Å². The Morgan fingerprint density at radius 3 is 2.62 bits per heavy atom. The van der Waals surface area contributed by atoms with E-state index in [1.165, 1.54) is 16.9 Å². The number of carbonyl (C=O) groups excluding carboxylic acids is 1. The number of rotatable bonds is 4. The first-order valence-corrected chi connectivity index (χ1v) is 7.47. The number of hydrogen-bond donors (Lipinski definition) is 1. The summed E-state index contributed by atoms with van der Waals surface area (Å²) < 4.78 is 13.6. The fraction of sp³-hybridized carbons (Fsp3) is 0.176. The Hall–Kier alpha value is -3.09. The van der Waals surface area contributed by atoms with E-state index in [0.717, 1.165) is 11.1 Å². The van der Waals surface area contributed by atoms with Crippen molar-refractivity contribution in [1.82, 2.24) is 20.2 Å². The zero-order chi connectivity index (χ0) is 17.1. The van der Waals surface area contributed by atoms with E-state index in [4.69, 9.17) is 0 Å². The number of nitrogens with zero attached hydrogens (tertiary/aromatic N) is 4. The van der Waals surface area contributed by atoms with Crippen LogP contribution in [0.15, 0.2) is 48.5 Å². The van der Waals surface area contributed by atoms with E-state index in [1.807, 2.05) is 31.2 Å². The van der Waals surface area contributed by atoms with Gasteiger partial charge in [-0.1, -0.05) is 36.4 Å². The summed E-state index contributed by atoms with van der Waals surface area (Å²) in [4.78, 5) is 13.5. The van der Waals surface area contributed by atoms with E-state index < -0.39 is 17.8 Å². The molecule has 3 rings (SSSR count). The molecule has 7 heteroatoms. The molecule has 0 aliphatic rings. The normalized spacial score (nSPS) is 12.0. The van der Waals surface area contributed by atoms with Crippen LogP contribution in [-0.4, -0.2) is 26.1 Å². The average Bonchev–Trinajstić information content (AvgIpc) is 3.06. The van der Waals surface area contributed by atoms with E-state index in [1.54, 1.807) is 19.1 Å². The number of anilines is 1. The lowest BCUT2D eigenvalue weighted by Gasteiger charge is -2.11. The van der Waals surface area contributed by atoms with Gasteiger partial charge in [-0.3, -0.25) is 4.79 Å². The van der Waals surface area contributed by atoms with Gasteiger partial charge in [-0.2, -0.15) is 4.80 Å². The van der Waals surface area contributed by atoms with Gasteiger partial charge in [-0.05, 0) is 36.8 Å². The average molecular weight is 325 g/mol. The summed E-state index contributed by atoms with van der Waals surface area (Å²) in [6.07, 6.45) is 0. The van der Waals surface area contributed by atoms with Crippen LogP contribution in [0.3, 0.4) is 0 Å². The number of halogens is 1. The molecule has 0 spiro atoms. The minimum atomic E-state index is -0.727. The zero-order valence-corrected chi connectivity index (χ0v) is 13.3. The summed E-state index contributed by atoms with van der Waals surface area (Å²) in [7, 11) is 0. The molecule has 24 heavy (non-hydrogen) atoms. The molecule has 6 nitrogen and oxygen atoms in total. The van der Waals surface area contributed by atoms with Gasteiger partial charge in [0.05, 0.1) is 5.69 Å². The van der Waals surface area contributed by atoms with Crippen molar-refractivity contribution in [3.63, 3.8) is 0 Å². The molecule has 1 aromatic heterocycles. The predicted octanol–water partition coefficient (Wildman–Crippen LogP) is 2.99. The lowest BCUT2D eigenvalue weighted by Crippen LogP contribution is -2.25. The van der Waals surface area contributed by atoms with Crippen molar-refractivity contribution in [3.8, 4) is 11.4 Å². The smallest absolute Gasteiger partial charge is 0.250 e. The Balaban J connectivity index is 1.79. The predicted molar refractivity (Wildman–Crippen MR) is 87.7 cm³/mol. The van der Waals surface area contributed by atoms with Crippen LogP contribution in [-0.2, 0) is 4.79 Å². The Morgan fingerprint density at radius 1 is 1.17 bits per heavy atom. The van der Waals surface area contributed by atoms with Crippen LogP contribution < -0.4 is 5.32 Å². The third-order valence-electron chi connectivity index (χ3n) is 3.67. The van der Waals surface area contributed by atoms with Gasteiger partial charge in [0.15, 0.2) is 0 Å². The number of amides is 1. The summed E-state index contributed by atoms with van der Waals surface area (Å²) in [5.41, 5.74) is 1.99. The minimum absolute atomic E-state index is 0.119. The summed E-state index contributed by atoms with van der Waals surface area (Å²) in [5, 5.41) is 14.7. The fourth-order valence-electron chi connectivity index (χ4n) is 2.23. The van der Waals surface area contributed by atoms with Gasteiger partial charge in [-0.25, -0.2) is 4.39 Å². The molecule has 0 fully saturated rings. The third-order valence-corrected chi connectivity index (χ3v) is 3.67. The maximum Gasteiger partial charge on any atom is 0.250 e. The van der Waals surface area contributed by atoms with Gasteiger partial charge >= 0.3 is 0 Å². The van der Waals surface area contributed by atoms with Crippen LogP contribution in [0.4, 0.5) is 10.1 Å². The van der Waals surface area contributed by atoms with E-state index >= 15 is 0 Å². The second-order valence-corrected chi connectivity index (χ2v) is 5.39. The third kappa shape index (κ3) is 3.15. The second-order valence-electron chi connectivity index (χ2n) is 5.39. The molecule has 3 aromatic rings. The first-order valence-electron chi connectivity index (χ1n) is 7.47. The first kappa shape index (κ1) is 15.8. The highest BCUT2D eigenvalue weighted by atomic mass is 19.1. The quantitative estimate of drug-likeness (QED) is 0.800. The molecule has 1 atom stereocenters. The van der Waals surface area contributed by atoms with Crippen molar-refractivity contribution in [3.05, 3.63) is 59.9 Å². The maximum absolute atomic E-state index is 13.6. The van der Waals surface area contributed by atoms with E-state index in [0.29, 0.717) is 5.82 Å². The number of hydrogen-bond acceptors (Lipinski definition) is 4.